The smallest absolute Gasteiger partial charge is 0.243 e. The molecule has 1 fully saturated rings. The average Bonchev–Trinajstić information content (AvgIpc) is 2.48. The topological polar surface area (TPSA) is 57.6 Å². The van der Waals surface area contributed by atoms with Crippen LogP contribution in [0, 0.1) is 17.8 Å². The first kappa shape index (κ1) is 16.0. The highest BCUT2D eigenvalue weighted by Gasteiger charge is 2.27. The molecule has 0 amide bonds. The maximum absolute atomic E-state index is 12.5. The summed E-state index contributed by atoms with van der Waals surface area (Å²) in [6.45, 7) is 3.39. The summed E-state index contributed by atoms with van der Waals surface area (Å²) in [7, 11) is -3.38. The summed E-state index contributed by atoms with van der Waals surface area (Å²) in [5, 5.41) is 8.67. The molecule has 114 valence electrons. The summed E-state index contributed by atoms with van der Waals surface area (Å²) in [5.41, 5.74) is 0.759. The fraction of sp³-hybridized carbons (Fsp3) is 0.500. The molecule has 1 aliphatic rings. The minimum atomic E-state index is -3.38. The fourth-order valence-electron chi connectivity index (χ4n) is 2.31. The van der Waals surface area contributed by atoms with E-state index in [0.29, 0.717) is 30.3 Å². The molecule has 21 heavy (non-hydrogen) atoms. The number of hydrogen-bond donors (Lipinski definition) is 1. The van der Waals surface area contributed by atoms with Crippen LogP contribution >= 0.6 is 0 Å². The molecule has 4 nitrogen and oxygen atoms in total. The van der Waals surface area contributed by atoms with Crippen LogP contribution in [-0.4, -0.2) is 37.5 Å². The number of piperidine rings is 1. The fourth-order valence-corrected chi connectivity index (χ4v) is 3.77. The number of hydrogen-bond acceptors (Lipinski definition) is 3. The van der Waals surface area contributed by atoms with Gasteiger partial charge in [0.25, 0.3) is 0 Å². The second-order valence-electron chi connectivity index (χ2n) is 5.39. The molecule has 1 N–H and O–H groups in total. The van der Waals surface area contributed by atoms with Crippen molar-refractivity contribution in [1.82, 2.24) is 4.31 Å². The highest BCUT2D eigenvalue weighted by Crippen LogP contribution is 2.23. The number of benzene rings is 1. The lowest BCUT2D eigenvalue weighted by Crippen LogP contribution is -2.37. The van der Waals surface area contributed by atoms with E-state index >= 15 is 0 Å². The SMILES string of the molecule is CC1CCN(S(=O)(=O)c2ccc(C#CCCO)cc2)CC1. The van der Waals surface area contributed by atoms with Crippen LogP contribution in [0.2, 0.25) is 0 Å². The highest BCUT2D eigenvalue weighted by atomic mass is 32.2. The molecule has 0 aliphatic carbocycles. The van der Waals surface area contributed by atoms with Crippen molar-refractivity contribution in [2.24, 2.45) is 5.92 Å². The molecule has 0 bridgehead atoms. The van der Waals surface area contributed by atoms with E-state index in [2.05, 4.69) is 18.8 Å². The summed E-state index contributed by atoms with van der Waals surface area (Å²) < 4.78 is 26.6. The van der Waals surface area contributed by atoms with Gasteiger partial charge in [0.1, 0.15) is 0 Å². The molecule has 0 radical (unpaired) electrons. The third-order valence-corrected chi connectivity index (χ3v) is 5.62. The molecule has 0 saturated carbocycles. The summed E-state index contributed by atoms with van der Waals surface area (Å²) >= 11 is 0. The van der Waals surface area contributed by atoms with E-state index in [1.165, 1.54) is 0 Å². The van der Waals surface area contributed by atoms with Gasteiger partial charge in [-0.15, -0.1) is 0 Å². The van der Waals surface area contributed by atoms with Gasteiger partial charge in [-0.05, 0) is 43.0 Å². The van der Waals surface area contributed by atoms with Gasteiger partial charge in [0.15, 0.2) is 0 Å². The lowest BCUT2D eigenvalue weighted by atomic mass is 10.0. The molecule has 1 aromatic rings. The zero-order chi connectivity index (χ0) is 15.3. The number of nitrogens with zero attached hydrogens (tertiary/aromatic N) is 1. The van der Waals surface area contributed by atoms with Crippen LogP contribution in [-0.2, 0) is 10.0 Å². The molecule has 1 heterocycles. The molecule has 0 aromatic heterocycles. The Morgan fingerprint density at radius 1 is 1.24 bits per heavy atom. The van der Waals surface area contributed by atoms with Gasteiger partial charge in [-0.1, -0.05) is 18.8 Å². The average molecular weight is 307 g/mol. The van der Waals surface area contributed by atoms with Crippen molar-refractivity contribution in [3.63, 3.8) is 0 Å². The molecule has 1 saturated heterocycles. The van der Waals surface area contributed by atoms with Gasteiger partial charge < -0.3 is 5.11 Å². The monoisotopic (exact) mass is 307 g/mol. The number of aliphatic hydroxyl groups is 1. The summed E-state index contributed by atoms with van der Waals surface area (Å²) in [5.74, 6) is 6.31. The molecule has 5 heteroatoms. The Balaban J connectivity index is 2.12. The molecular weight excluding hydrogens is 286 g/mol. The molecule has 1 aromatic carbocycles. The van der Waals surface area contributed by atoms with Crippen LogP contribution in [0.3, 0.4) is 0 Å². The predicted molar refractivity (Wildman–Crippen MR) is 82.2 cm³/mol. The van der Waals surface area contributed by atoms with Crippen LogP contribution in [0.15, 0.2) is 29.2 Å². The zero-order valence-electron chi connectivity index (χ0n) is 12.2. The Labute approximate surface area is 126 Å². The zero-order valence-corrected chi connectivity index (χ0v) is 13.1. The Morgan fingerprint density at radius 3 is 2.43 bits per heavy atom. The molecule has 0 unspecified atom stereocenters. The Kier molecular flexibility index (Phi) is 5.40. The predicted octanol–water partition coefficient (Wildman–Crippen LogP) is 1.84. The molecule has 2 rings (SSSR count). The van der Waals surface area contributed by atoms with E-state index < -0.39 is 10.0 Å². The lowest BCUT2D eigenvalue weighted by Gasteiger charge is -2.29. The van der Waals surface area contributed by atoms with Crippen LogP contribution < -0.4 is 0 Å². The number of aliphatic hydroxyl groups excluding tert-OH is 1. The first-order valence-electron chi connectivity index (χ1n) is 7.24. The maximum atomic E-state index is 12.5. The first-order valence-corrected chi connectivity index (χ1v) is 8.68. The van der Waals surface area contributed by atoms with Gasteiger partial charge >= 0.3 is 0 Å². The largest absolute Gasteiger partial charge is 0.395 e. The van der Waals surface area contributed by atoms with Crippen LogP contribution in [0.25, 0.3) is 0 Å². The third-order valence-electron chi connectivity index (χ3n) is 3.70. The van der Waals surface area contributed by atoms with Crippen molar-refractivity contribution >= 4 is 10.0 Å². The van der Waals surface area contributed by atoms with Gasteiger partial charge in [0.05, 0.1) is 11.5 Å². The summed E-state index contributed by atoms with van der Waals surface area (Å²) in [6.07, 6.45) is 2.26. The third kappa shape index (κ3) is 4.07. The van der Waals surface area contributed by atoms with Crippen LogP contribution in [0.5, 0.6) is 0 Å². The van der Waals surface area contributed by atoms with Crippen LogP contribution in [0.4, 0.5) is 0 Å². The minimum Gasteiger partial charge on any atom is -0.395 e. The second-order valence-corrected chi connectivity index (χ2v) is 7.32. The second kappa shape index (κ2) is 7.08. The van der Waals surface area contributed by atoms with E-state index in [0.717, 1.165) is 18.4 Å². The van der Waals surface area contributed by atoms with E-state index in [1.54, 1.807) is 28.6 Å². The Bertz CT molecular complexity index is 618. The van der Waals surface area contributed by atoms with Crippen molar-refractivity contribution in [3.05, 3.63) is 29.8 Å². The summed E-state index contributed by atoms with van der Waals surface area (Å²) in [6, 6.07) is 6.64. The van der Waals surface area contributed by atoms with Gasteiger partial charge in [-0.25, -0.2) is 8.42 Å². The van der Waals surface area contributed by atoms with E-state index in [9.17, 15) is 8.42 Å². The molecule has 1 aliphatic heterocycles. The number of rotatable bonds is 3. The lowest BCUT2D eigenvalue weighted by molar-refractivity contribution is 0.288. The first-order chi connectivity index (χ1) is 10.0. The van der Waals surface area contributed by atoms with Crippen molar-refractivity contribution < 1.29 is 13.5 Å². The van der Waals surface area contributed by atoms with Gasteiger partial charge in [-0.2, -0.15) is 4.31 Å². The van der Waals surface area contributed by atoms with Crippen LogP contribution in [0.1, 0.15) is 31.7 Å². The van der Waals surface area contributed by atoms with E-state index in [1.807, 2.05) is 0 Å². The Hall–Kier alpha value is -1.35. The summed E-state index contributed by atoms with van der Waals surface area (Å²) in [4.78, 5) is 0.324. The number of sulfonamides is 1. The van der Waals surface area contributed by atoms with Gasteiger partial charge in [0, 0.05) is 25.1 Å². The standard InChI is InChI=1S/C16H21NO3S/c1-14-9-11-17(12-10-14)21(19,20)16-7-5-15(6-8-16)4-2-3-13-18/h5-8,14,18H,3,9-13H2,1H3. The molecule has 0 atom stereocenters. The van der Waals surface area contributed by atoms with Crippen molar-refractivity contribution in [2.75, 3.05) is 19.7 Å². The minimum absolute atomic E-state index is 0.0346. The van der Waals surface area contributed by atoms with Gasteiger partial charge in [-0.3, -0.25) is 0 Å². The van der Waals surface area contributed by atoms with E-state index in [4.69, 9.17) is 5.11 Å². The van der Waals surface area contributed by atoms with Crippen molar-refractivity contribution in [2.45, 2.75) is 31.1 Å². The molecular formula is C16H21NO3S. The van der Waals surface area contributed by atoms with E-state index in [-0.39, 0.29) is 6.61 Å². The highest BCUT2D eigenvalue weighted by molar-refractivity contribution is 7.89. The van der Waals surface area contributed by atoms with Crippen molar-refractivity contribution in [1.29, 1.82) is 0 Å². The van der Waals surface area contributed by atoms with Gasteiger partial charge in [0.2, 0.25) is 10.0 Å². The van der Waals surface area contributed by atoms with Crippen molar-refractivity contribution in [3.8, 4) is 11.8 Å². The molecule has 0 spiro atoms. The maximum Gasteiger partial charge on any atom is 0.243 e. The quantitative estimate of drug-likeness (QED) is 0.867. The normalized spacial score (nSPS) is 17.2. The Morgan fingerprint density at radius 2 is 1.86 bits per heavy atom.